The number of hydrogen-bond donors (Lipinski definition) is 1. The molecule has 1 aliphatic rings. The van der Waals surface area contributed by atoms with Crippen LogP contribution >= 0.6 is 0 Å². The average Bonchev–Trinajstić information content (AvgIpc) is 2.91. The van der Waals surface area contributed by atoms with Crippen molar-refractivity contribution in [2.45, 2.75) is 18.4 Å². The molecule has 0 spiro atoms. The Hall–Kier alpha value is -2.99. The van der Waals surface area contributed by atoms with Crippen molar-refractivity contribution in [2.75, 3.05) is 6.61 Å². The molecule has 0 saturated heterocycles. The largest absolute Gasteiger partial charge is 0.461 e. The highest BCUT2D eigenvalue weighted by Gasteiger charge is 2.49. The van der Waals surface area contributed by atoms with Crippen LogP contribution in [0.15, 0.2) is 72.8 Å². The van der Waals surface area contributed by atoms with Gasteiger partial charge >= 0.3 is 11.9 Å². The summed E-state index contributed by atoms with van der Waals surface area (Å²) in [7, 11) is 0. The monoisotopic (exact) mass is 370 g/mol. The van der Waals surface area contributed by atoms with E-state index in [1.54, 1.807) is 60.7 Å². The molecule has 0 aliphatic heterocycles. The predicted octanol–water partition coefficient (Wildman–Crippen LogP) is 2.95. The number of rotatable bonds is 5. The second kappa shape index (κ2) is 8.14. The Morgan fingerprint density at radius 1 is 0.963 bits per heavy atom. The van der Waals surface area contributed by atoms with Crippen molar-refractivity contribution >= 4 is 11.9 Å². The van der Waals surface area contributed by atoms with Crippen LogP contribution in [0.5, 0.6) is 0 Å². The minimum absolute atomic E-state index is 0.134. The van der Waals surface area contributed by atoms with Gasteiger partial charge in [0.25, 0.3) is 0 Å². The summed E-state index contributed by atoms with van der Waals surface area (Å²) in [4.78, 5) is 24.4. The molecule has 0 unspecified atom stereocenters. The lowest BCUT2D eigenvalue weighted by Crippen LogP contribution is -2.34. The molecular formula is C21H19FO5. The van der Waals surface area contributed by atoms with Gasteiger partial charge in [0.05, 0.1) is 17.0 Å². The number of halogens is 1. The summed E-state index contributed by atoms with van der Waals surface area (Å²) < 4.78 is 25.0. The molecule has 27 heavy (non-hydrogen) atoms. The number of ether oxygens (including phenoxy) is 2. The van der Waals surface area contributed by atoms with Crippen LogP contribution in [-0.4, -0.2) is 42.0 Å². The minimum Gasteiger partial charge on any atom is -0.461 e. The summed E-state index contributed by atoms with van der Waals surface area (Å²) in [6.07, 6.45) is -4.62. The number of carbonyl (C=O) groups excluding carboxylic acids is 2. The summed E-state index contributed by atoms with van der Waals surface area (Å²) in [6, 6.07) is 16.5. The van der Waals surface area contributed by atoms with Gasteiger partial charge in [0.15, 0.2) is 6.17 Å². The number of aliphatic hydroxyl groups is 1. The first-order valence-corrected chi connectivity index (χ1v) is 8.48. The molecule has 0 amide bonds. The number of benzene rings is 2. The van der Waals surface area contributed by atoms with Crippen LogP contribution in [0.2, 0.25) is 0 Å². The molecular weight excluding hydrogens is 351 g/mol. The van der Waals surface area contributed by atoms with E-state index in [1.165, 1.54) is 0 Å². The molecule has 0 radical (unpaired) electrons. The van der Waals surface area contributed by atoms with Crippen LogP contribution in [0.4, 0.5) is 4.39 Å². The second-order valence-corrected chi connectivity index (χ2v) is 6.27. The number of aliphatic hydroxyl groups excluding tert-OH is 1. The zero-order valence-electron chi connectivity index (χ0n) is 14.5. The average molecular weight is 370 g/mol. The highest BCUT2D eigenvalue weighted by Crippen LogP contribution is 2.36. The van der Waals surface area contributed by atoms with Crippen molar-refractivity contribution in [3.8, 4) is 0 Å². The highest BCUT2D eigenvalue weighted by atomic mass is 19.1. The van der Waals surface area contributed by atoms with Gasteiger partial charge in [-0.3, -0.25) is 0 Å². The van der Waals surface area contributed by atoms with Gasteiger partial charge in [0.1, 0.15) is 18.8 Å². The summed E-state index contributed by atoms with van der Waals surface area (Å²) in [6.45, 7) is 3.42. The molecule has 0 bridgehead atoms. The van der Waals surface area contributed by atoms with E-state index in [4.69, 9.17) is 9.47 Å². The van der Waals surface area contributed by atoms with Crippen LogP contribution in [0.1, 0.15) is 20.7 Å². The van der Waals surface area contributed by atoms with Crippen molar-refractivity contribution in [1.82, 2.24) is 0 Å². The van der Waals surface area contributed by atoms with Gasteiger partial charge in [-0.25, -0.2) is 14.0 Å². The maximum Gasteiger partial charge on any atom is 0.338 e. The van der Waals surface area contributed by atoms with Gasteiger partial charge in [-0.05, 0) is 29.8 Å². The molecule has 1 aliphatic carbocycles. The van der Waals surface area contributed by atoms with E-state index >= 15 is 0 Å². The van der Waals surface area contributed by atoms with Crippen molar-refractivity contribution < 1.29 is 28.6 Å². The molecule has 0 aromatic heterocycles. The molecule has 0 heterocycles. The third kappa shape index (κ3) is 4.06. The van der Waals surface area contributed by atoms with Crippen molar-refractivity contribution in [3.63, 3.8) is 0 Å². The maximum atomic E-state index is 14.5. The third-order valence-corrected chi connectivity index (χ3v) is 4.52. The van der Waals surface area contributed by atoms with Crippen LogP contribution in [0.3, 0.4) is 0 Å². The number of hydrogen-bond acceptors (Lipinski definition) is 5. The SMILES string of the molecule is C=C1[C@@H](O)[C@@H](F)[C@H](OC(=O)c2ccccc2)[C@H]1COC(=O)c1ccccc1. The number of esters is 2. The Kier molecular flexibility index (Phi) is 5.66. The highest BCUT2D eigenvalue weighted by molar-refractivity contribution is 5.90. The standard InChI is InChI=1S/C21H19FO5/c1-13-16(12-26-20(24)14-8-4-2-5-9-14)19(17(22)18(13)23)27-21(25)15-10-6-3-7-11-15/h2-11,16-19,23H,1,12H2/t16-,17+,18+,19+/m0/s1. The fourth-order valence-corrected chi connectivity index (χ4v) is 2.97. The molecule has 6 heteroatoms. The molecule has 5 nitrogen and oxygen atoms in total. The van der Waals surface area contributed by atoms with Gasteiger partial charge < -0.3 is 14.6 Å². The molecule has 2 aromatic rings. The zero-order chi connectivity index (χ0) is 19.4. The Balaban J connectivity index is 1.70. The van der Waals surface area contributed by atoms with Crippen LogP contribution in [0.25, 0.3) is 0 Å². The summed E-state index contributed by atoms with van der Waals surface area (Å²) >= 11 is 0. The molecule has 140 valence electrons. The van der Waals surface area contributed by atoms with Crippen molar-refractivity contribution in [3.05, 3.63) is 83.9 Å². The van der Waals surface area contributed by atoms with E-state index in [0.717, 1.165) is 0 Å². The number of carbonyl (C=O) groups is 2. The Bertz CT molecular complexity index is 821. The van der Waals surface area contributed by atoms with E-state index in [1.807, 2.05) is 0 Å². The Morgan fingerprint density at radius 3 is 2.04 bits per heavy atom. The van der Waals surface area contributed by atoms with Crippen molar-refractivity contribution in [1.29, 1.82) is 0 Å². The van der Waals surface area contributed by atoms with Gasteiger partial charge in [-0.15, -0.1) is 0 Å². The Morgan fingerprint density at radius 2 is 1.48 bits per heavy atom. The van der Waals surface area contributed by atoms with E-state index in [-0.39, 0.29) is 17.7 Å². The van der Waals surface area contributed by atoms with Crippen LogP contribution in [0, 0.1) is 5.92 Å². The third-order valence-electron chi connectivity index (χ3n) is 4.52. The summed E-state index contributed by atoms with van der Waals surface area (Å²) in [5.74, 6) is -2.15. The topological polar surface area (TPSA) is 72.8 Å². The quantitative estimate of drug-likeness (QED) is 0.647. The first kappa shape index (κ1) is 18.8. The van der Waals surface area contributed by atoms with E-state index in [2.05, 4.69) is 6.58 Å². The van der Waals surface area contributed by atoms with E-state index < -0.39 is 36.2 Å². The second-order valence-electron chi connectivity index (χ2n) is 6.27. The normalized spacial score (nSPS) is 24.4. The molecule has 1 saturated carbocycles. The lowest BCUT2D eigenvalue weighted by Gasteiger charge is -2.21. The number of alkyl halides is 1. The first-order chi connectivity index (χ1) is 13.0. The molecule has 4 atom stereocenters. The lowest BCUT2D eigenvalue weighted by molar-refractivity contribution is -0.0210. The molecule has 2 aromatic carbocycles. The van der Waals surface area contributed by atoms with Crippen molar-refractivity contribution in [2.24, 2.45) is 5.92 Å². The molecule has 1 fully saturated rings. The van der Waals surface area contributed by atoms with Crippen LogP contribution < -0.4 is 0 Å². The molecule has 3 rings (SSSR count). The van der Waals surface area contributed by atoms with Gasteiger partial charge in [0.2, 0.25) is 0 Å². The summed E-state index contributed by atoms with van der Waals surface area (Å²) in [5.41, 5.74) is 0.738. The fraction of sp³-hybridized carbons (Fsp3) is 0.238. The summed E-state index contributed by atoms with van der Waals surface area (Å²) in [5, 5.41) is 9.97. The Labute approximate surface area is 156 Å². The fourth-order valence-electron chi connectivity index (χ4n) is 2.97. The van der Waals surface area contributed by atoms with E-state index in [9.17, 15) is 19.1 Å². The van der Waals surface area contributed by atoms with Crippen LogP contribution in [-0.2, 0) is 9.47 Å². The molecule has 1 N–H and O–H groups in total. The van der Waals surface area contributed by atoms with Gasteiger partial charge in [-0.2, -0.15) is 0 Å². The smallest absolute Gasteiger partial charge is 0.338 e. The minimum atomic E-state index is -1.84. The predicted molar refractivity (Wildman–Crippen MR) is 95.9 cm³/mol. The first-order valence-electron chi connectivity index (χ1n) is 8.48. The van der Waals surface area contributed by atoms with E-state index in [0.29, 0.717) is 5.56 Å². The maximum absolute atomic E-state index is 14.5. The van der Waals surface area contributed by atoms with Gasteiger partial charge in [-0.1, -0.05) is 43.0 Å². The zero-order valence-corrected chi connectivity index (χ0v) is 14.5. The van der Waals surface area contributed by atoms with Gasteiger partial charge in [0, 0.05) is 0 Å². The lowest BCUT2D eigenvalue weighted by atomic mass is 10.0.